The number of aliphatic hydroxyl groups excluding tert-OH is 1. The standard InChI is InChI=1S/C28H35F2N9O2/c1-18-19(5-4-6-36-7-9-37(10-8-36)22-12-20(29)11-21(30)13-22)16-32-39(18)26-15-25(33-28(31)34-26)38-17-23(40)14-24(38)27(41)35(2)3/h4-5,11-13,15-16,23-24,40H,6-10,14,17H2,1-3H3,(H2,31,33,34)/b5-4+/t23-,24-/m0/s1. The van der Waals surface area contributed by atoms with Crippen molar-refractivity contribution in [1.29, 1.82) is 0 Å². The summed E-state index contributed by atoms with van der Waals surface area (Å²) in [5, 5.41) is 14.8. The van der Waals surface area contributed by atoms with Gasteiger partial charge >= 0.3 is 0 Å². The highest BCUT2D eigenvalue weighted by molar-refractivity contribution is 5.85. The third kappa shape index (κ3) is 6.30. The molecule has 218 valence electrons. The number of rotatable bonds is 7. The molecule has 2 aromatic heterocycles. The lowest BCUT2D eigenvalue weighted by molar-refractivity contribution is -0.130. The summed E-state index contributed by atoms with van der Waals surface area (Å²) in [6.07, 6.45) is 5.47. The monoisotopic (exact) mass is 567 g/mol. The minimum atomic E-state index is -0.654. The molecule has 11 nitrogen and oxygen atoms in total. The van der Waals surface area contributed by atoms with Gasteiger partial charge in [-0.25, -0.2) is 13.5 Å². The number of amides is 1. The van der Waals surface area contributed by atoms with Crippen LogP contribution in [0.2, 0.25) is 0 Å². The minimum Gasteiger partial charge on any atom is -0.391 e. The van der Waals surface area contributed by atoms with Gasteiger partial charge < -0.3 is 25.5 Å². The van der Waals surface area contributed by atoms with E-state index in [2.05, 4.69) is 26.0 Å². The van der Waals surface area contributed by atoms with Gasteiger partial charge in [0, 0.05) is 83.2 Å². The Hall–Kier alpha value is -4.10. The molecule has 1 aromatic carbocycles. The molecule has 0 unspecified atom stereocenters. The average molecular weight is 568 g/mol. The molecule has 2 fully saturated rings. The molecule has 0 saturated carbocycles. The SMILES string of the molecule is Cc1c(/C=C/CN2CCN(c3cc(F)cc(F)c3)CC2)cnn1-c1cc(N2C[C@@H](O)C[C@H]2C(=O)N(C)C)nc(N)n1. The van der Waals surface area contributed by atoms with Crippen molar-refractivity contribution in [3.05, 3.63) is 59.4 Å². The molecule has 3 aromatic rings. The Balaban J connectivity index is 1.25. The Labute approximate surface area is 237 Å². The van der Waals surface area contributed by atoms with Crippen molar-refractivity contribution in [2.24, 2.45) is 0 Å². The van der Waals surface area contributed by atoms with Crippen LogP contribution in [-0.4, -0.2) is 106 Å². The van der Waals surface area contributed by atoms with E-state index in [1.165, 1.54) is 17.0 Å². The van der Waals surface area contributed by atoms with Crippen molar-refractivity contribution in [3.63, 3.8) is 0 Å². The molecule has 2 saturated heterocycles. The second kappa shape index (κ2) is 11.8. The van der Waals surface area contributed by atoms with Gasteiger partial charge in [0.05, 0.1) is 18.0 Å². The molecule has 3 N–H and O–H groups in total. The van der Waals surface area contributed by atoms with Crippen molar-refractivity contribution in [2.45, 2.75) is 25.5 Å². The maximum absolute atomic E-state index is 13.6. The second-order valence-corrected chi connectivity index (χ2v) is 10.6. The summed E-state index contributed by atoms with van der Waals surface area (Å²) in [6.45, 7) is 5.82. The topological polar surface area (TPSA) is 120 Å². The van der Waals surface area contributed by atoms with Crippen molar-refractivity contribution in [3.8, 4) is 5.82 Å². The van der Waals surface area contributed by atoms with Gasteiger partial charge in [-0.3, -0.25) is 9.69 Å². The highest BCUT2D eigenvalue weighted by atomic mass is 19.1. The zero-order valence-electron chi connectivity index (χ0n) is 23.4. The minimum absolute atomic E-state index is 0.0436. The zero-order chi connectivity index (χ0) is 29.3. The van der Waals surface area contributed by atoms with Gasteiger partial charge in [-0.05, 0) is 19.1 Å². The number of aliphatic hydroxyl groups is 1. The summed E-state index contributed by atoms with van der Waals surface area (Å²) < 4.78 is 28.9. The molecule has 1 amide bonds. The van der Waals surface area contributed by atoms with Crippen LogP contribution in [-0.2, 0) is 4.79 Å². The number of benzene rings is 1. The Bertz CT molecular complexity index is 1420. The molecule has 2 aliphatic rings. The first-order chi connectivity index (χ1) is 19.6. The molecule has 5 rings (SSSR count). The summed E-state index contributed by atoms with van der Waals surface area (Å²) in [6, 6.07) is 4.79. The number of carbonyl (C=O) groups is 1. The quantitative estimate of drug-likeness (QED) is 0.440. The van der Waals surface area contributed by atoms with Crippen molar-refractivity contribution >= 4 is 29.4 Å². The number of nitrogens with two attached hydrogens (primary N) is 1. The van der Waals surface area contributed by atoms with Gasteiger partial charge in [-0.2, -0.15) is 15.1 Å². The number of anilines is 3. The molecule has 13 heteroatoms. The lowest BCUT2D eigenvalue weighted by Gasteiger charge is -2.35. The first kappa shape index (κ1) is 28.4. The highest BCUT2D eigenvalue weighted by Crippen LogP contribution is 2.28. The normalized spacial score (nSPS) is 19.9. The molecule has 0 aliphatic carbocycles. The zero-order valence-corrected chi connectivity index (χ0v) is 23.4. The smallest absolute Gasteiger partial charge is 0.244 e. The Kier molecular flexibility index (Phi) is 8.18. The first-order valence-electron chi connectivity index (χ1n) is 13.5. The number of halogens is 2. The largest absolute Gasteiger partial charge is 0.391 e. The summed E-state index contributed by atoms with van der Waals surface area (Å²) in [5.41, 5.74) is 8.38. The predicted octanol–water partition coefficient (Wildman–Crippen LogP) is 1.69. The number of hydrogen-bond acceptors (Lipinski definition) is 9. The Morgan fingerprint density at radius 2 is 1.78 bits per heavy atom. The fourth-order valence-electron chi connectivity index (χ4n) is 5.35. The van der Waals surface area contributed by atoms with Crippen LogP contribution < -0.4 is 15.5 Å². The van der Waals surface area contributed by atoms with Crippen LogP contribution in [0.1, 0.15) is 17.7 Å². The average Bonchev–Trinajstić information content (AvgIpc) is 3.50. The van der Waals surface area contributed by atoms with E-state index in [-0.39, 0.29) is 18.4 Å². The maximum atomic E-state index is 13.6. The van der Waals surface area contributed by atoms with Gasteiger partial charge in [0.1, 0.15) is 23.5 Å². The van der Waals surface area contributed by atoms with Crippen LogP contribution in [0.25, 0.3) is 11.9 Å². The number of β-amino-alcohol motifs (C(OH)–C–C–N with tert-alkyl or cyclic N) is 1. The van der Waals surface area contributed by atoms with Crippen LogP contribution in [0, 0.1) is 18.6 Å². The summed E-state index contributed by atoms with van der Waals surface area (Å²) in [7, 11) is 3.37. The van der Waals surface area contributed by atoms with E-state index < -0.39 is 23.8 Å². The predicted molar refractivity (Wildman–Crippen MR) is 153 cm³/mol. The van der Waals surface area contributed by atoms with E-state index in [9.17, 15) is 18.7 Å². The number of likely N-dealkylation sites (N-methyl/N-ethyl adjacent to an activating group) is 1. The van der Waals surface area contributed by atoms with Gasteiger partial charge in [0.2, 0.25) is 11.9 Å². The lowest BCUT2D eigenvalue weighted by atomic mass is 10.2. The Morgan fingerprint density at radius 3 is 2.46 bits per heavy atom. The summed E-state index contributed by atoms with van der Waals surface area (Å²) >= 11 is 0. The van der Waals surface area contributed by atoms with Crippen molar-refractivity contribution < 1.29 is 18.7 Å². The van der Waals surface area contributed by atoms with Gasteiger partial charge in [0.25, 0.3) is 0 Å². The third-order valence-electron chi connectivity index (χ3n) is 7.53. The van der Waals surface area contributed by atoms with Crippen LogP contribution >= 0.6 is 0 Å². The number of aromatic nitrogens is 4. The van der Waals surface area contributed by atoms with E-state index in [0.717, 1.165) is 37.0 Å². The summed E-state index contributed by atoms with van der Waals surface area (Å²) in [5.74, 6) is -0.293. The van der Waals surface area contributed by atoms with E-state index in [0.29, 0.717) is 36.8 Å². The molecule has 4 heterocycles. The third-order valence-corrected chi connectivity index (χ3v) is 7.53. The first-order valence-corrected chi connectivity index (χ1v) is 13.5. The molecule has 41 heavy (non-hydrogen) atoms. The fourth-order valence-corrected chi connectivity index (χ4v) is 5.35. The second-order valence-electron chi connectivity index (χ2n) is 10.6. The molecule has 0 radical (unpaired) electrons. The van der Waals surface area contributed by atoms with Crippen LogP contribution in [0.4, 0.5) is 26.2 Å². The van der Waals surface area contributed by atoms with E-state index in [1.807, 2.05) is 17.9 Å². The van der Waals surface area contributed by atoms with E-state index in [1.54, 1.807) is 35.9 Å². The number of hydrogen-bond donors (Lipinski definition) is 2. The number of nitrogens with zero attached hydrogens (tertiary/aromatic N) is 8. The highest BCUT2D eigenvalue weighted by Gasteiger charge is 2.38. The van der Waals surface area contributed by atoms with Crippen molar-refractivity contribution in [1.82, 2.24) is 29.5 Å². The van der Waals surface area contributed by atoms with Crippen molar-refractivity contribution in [2.75, 3.05) is 68.9 Å². The van der Waals surface area contributed by atoms with Gasteiger partial charge in [0.15, 0.2) is 5.82 Å². The molecule has 2 atom stereocenters. The lowest BCUT2D eigenvalue weighted by Crippen LogP contribution is -2.46. The molecule has 2 aliphatic heterocycles. The molecular formula is C28H35F2N9O2. The number of piperazine rings is 1. The Morgan fingerprint density at radius 1 is 1.10 bits per heavy atom. The molecular weight excluding hydrogens is 532 g/mol. The maximum Gasteiger partial charge on any atom is 0.244 e. The number of nitrogen functional groups attached to an aromatic ring is 1. The van der Waals surface area contributed by atoms with Gasteiger partial charge in [-0.15, -0.1) is 0 Å². The van der Waals surface area contributed by atoms with Crippen LogP contribution in [0.15, 0.2) is 36.5 Å². The van der Waals surface area contributed by atoms with E-state index in [4.69, 9.17) is 5.73 Å². The van der Waals surface area contributed by atoms with Gasteiger partial charge in [-0.1, -0.05) is 12.2 Å². The van der Waals surface area contributed by atoms with Crippen LogP contribution in [0.3, 0.4) is 0 Å². The molecule has 0 bridgehead atoms. The molecule has 0 spiro atoms. The fraction of sp³-hybridized carbons (Fsp3) is 0.429. The summed E-state index contributed by atoms with van der Waals surface area (Å²) in [4.78, 5) is 29.0. The van der Waals surface area contributed by atoms with Crippen LogP contribution in [0.5, 0.6) is 0 Å². The van der Waals surface area contributed by atoms with E-state index >= 15 is 0 Å². The number of carbonyl (C=O) groups excluding carboxylic acids is 1.